The number of anilines is 3. The lowest BCUT2D eigenvalue weighted by Crippen LogP contribution is -2.17. The highest BCUT2D eigenvalue weighted by atomic mass is 16.5. The Morgan fingerprint density at radius 2 is 1.31 bits per heavy atom. The fourth-order valence-electron chi connectivity index (χ4n) is 7.14. The number of carbonyl (C=O) groups excluding carboxylic acids is 2. The minimum Gasteiger partial charge on any atom is -0.493 e. The van der Waals surface area contributed by atoms with Crippen molar-refractivity contribution in [2.75, 3.05) is 31.3 Å². The van der Waals surface area contributed by atoms with Gasteiger partial charge in [0, 0.05) is 48.5 Å². The molecule has 0 saturated carbocycles. The first-order valence-electron chi connectivity index (χ1n) is 18.7. The predicted octanol–water partition coefficient (Wildman–Crippen LogP) is 9.58. The molecule has 1 aliphatic heterocycles. The van der Waals surface area contributed by atoms with Gasteiger partial charge in [-0.15, -0.1) is 0 Å². The molecular formula is C47H45NO7. The van der Waals surface area contributed by atoms with Crippen molar-refractivity contribution in [2.24, 2.45) is 0 Å². The van der Waals surface area contributed by atoms with Gasteiger partial charge < -0.3 is 28.6 Å². The monoisotopic (exact) mass is 735 g/mol. The molecule has 0 bridgehead atoms. The average Bonchev–Trinajstić information content (AvgIpc) is 3.57. The van der Waals surface area contributed by atoms with E-state index in [1.165, 1.54) is 39.0 Å². The zero-order valence-corrected chi connectivity index (χ0v) is 31.1. The van der Waals surface area contributed by atoms with Crippen LogP contribution in [0.3, 0.4) is 0 Å². The van der Waals surface area contributed by atoms with Crippen molar-refractivity contribution >= 4 is 40.6 Å². The van der Waals surface area contributed by atoms with Crippen molar-refractivity contribution in [1.82, 2.24) is 0 Å². The first-order valence-corrected chi connectivity index (χ1v) is 18.7. The topological polar surface area (TPSA) is 83.5 Å². The lowest BCUT2D eigenvalue weighted by atomic mass is 9.83. The number of fused-ring (bicyclic) bond motifs is 4. The largest absolute Gasteiger partial charge is 0.493 e. The van der Waals surface area contributed by atoms with Crippen LogP contribution < -0.4 is 14.4 Å². The SMILES string of the molecule is C=CC(=O)OCCCOc1ccc(N(c2ccc(OCCCOC(=O)C=C)cc2)c2ccc(C)c(C3=CCC4OC5Cc6ccccc6C=C5C4=C3)c2)cc1. The third-order valence-electron chi connectivity index (χ3n) is 9.91. The lowest BCUT2D eigenvalue weighted by Gasteiger charge is -2.27. The molecule has 7 rings (SSSR count). The Hall–Kier alpha value is -6.12. The van der Waals surface area contributed by atoms with E-state index in [4.69, 9.17) is 23.7 Å². The van der Waals surface area contributed by atoms with Crippen LogP contribution in [0.15, 0.2) is 140 Å². The molecule has 3 aliphatic rings. The molecule has 4 aromatic rings. The highest BCUT2D eigenvalue weighted by Crippen LogP contribution is 2.45. The molecule has 1 heterocycles. The van der Waals surface area contributed by atoms with E-state index in [2.05, 4.69) is 85.7 Å². The maximum Gasteiger partial charge on any atom is 0.330 e. The summed E-state index contributed by atoms with van der Waals surface area (Å²) < 4.78 is 28.6. The predicted molar refractivity (Wildman–Crippen MR) is 216 cm³/mol. The van der Waals surface area contributed by atoms with E-state index in [0.29, 0.717) is 26.1 Å². The molecule has 0 amide bonds. The van der Waals surface area contributed by atoms with Crippen LogP contribution in [0.4, 0.5) is 17.1 Å². The Morgan fingerprint density at radius 1 is 0.727 bits per heavy atom. The zero-order valence-electron chi connectivity index (χ0n) is 31.1. The molecule has 8 nitrogen and oxygen atoms in total. The van der Waals surface area contributed by atoms with Crippen LogP contribution in [-0.2, 0) is 30.2 Å². The average molecular weight is 736 g/mol. The molecule has 55 heavy (non-hydrogen) atoms. The van der Waals surface area contributed by atoms with Gasteiger partial charge in [-0.3, -0.25) is 0 Å². The fraction of sp³-hybridized carbons (Fsp3) is 0.234. The summed E-state index contributed by atoms with van der Waals surface area (Å²) in [5.41, 5.74) is 11.7. The van der Waals surface area contributed by atoms with Gasteiger partial charge in [-0.05, 0) is 125 Å². The summed E-state index contributed by atoms with van der Waals surface area (Å²) in [6.07, 6.45) is 12.3. The molecule has 1 saturated heterocycles. The molecule has 0 radical (unpaired) electrons. The Kier molecular flexibility index (Phi) is 11.7. The minimum atomic E-state index is -0.440. The van der Waals surface area contributed by atoms with Crippen molar-refractivity contribution in [3.8, 4) is 11.5 Å². The molecular weight excluding hydrogens is 691 g/mol. The van der Waals surface area contributed by atoms with E-state index in [1.807, 2.05) is 48.5 Å². The highest BCUT2D eigenvalue weighted by Gasteiger charge is 2.38. The second kappa shape index (κ2) is 17.3. The fourth-order valence-corrected chi connectivity index (χ4v) is 7.14. The highest BCUT2D eigenvalue weighted by molar-refractivity contribution is 5.86. The molecule has 0 spiro atoms. The minimum absolute atomic E-state index is 0.0695. The Balaban J connectivity index is 1.14. The summed E-state index contributed by atoms with van der Waals surface area (Å²) >= 11 is 0. The quantitative estimate of drug-likeness (QED) is 0.0640. The number of carbonyl (C=O) groups is 2. The van der Waals surface area contributed by atoms with Crippen molar-refractivity contribution in [3.63, 3.8) is 0 Å². The summed E-state index contributed by atoms with van der Waals surface area (Å²) in [5.74, 6) is 0.557. The van der Waals surface area contributed by atoms with Crippen LogP contribution in [0.25, 0.3) is 11.6 Å². The standard InChI is InChI=1S/C47H45NO7/c1-4-46(49)53-26-8-24-51-39-19-15-36(16-20-39)48(37-17-21-40(22-18-37)52-25-9-27-54-47(50)5-2)38-14-12-32(3)41(31-38)35-13-23-44-42(29-35)43-28-33-10-6-7-11-34(33)30-45(43)55-44/h4-7,10-22,28-29,31,44-45H,1-2,8-9,23-27,30H2,3H3. The van der Waals surface area contributed by atoms with Crippen molar-refractivity contribution in [2.45, 2.75) is 44.8 Å². The second-order valence-electron chi connectivity index (χ2n) is 13.6. The Bertz CT molecular complexity index is 2070. The molecule has 0 aromatic heterocycles. The van der Waals surface area contributed by atoms with Crippen molar-refractivity contribution in [1.29, 1.82) is 0 Å². The van der Waals surface area contributed by atoms with E-state index >= 15 is 0 Å². The molecule has 8 heteroatoms. The number of esters is 2. The maximum atomic E-state index is 11.3. The molecule has 0 N–H and O–H groups in total. The number of allylic oxidation sites excluding steroid dienone is 2. The van der Waals surface area contributed by atoms with Gasteiger partial charge in [-0.25, -0.2) is 9.59 Å². The van der Waals surface area contributed by atoms with Crippen LogP contribution in [0.1, 0.15) is 41.5 Å². The van der Waals surface area contributed by atoms with E-state index in [-0.39, 0.29) is 25.4 Å². The maximum absolute atomic E-state index is 11.3. The van der Waals surface area contributed by atoms with E-state index < -0.39 is 11.9 Å². The van der Waals surface area contributed by atoms with Gasteiger partial charge in [0.1, 0.15) is 11.5 Å². The van der Waals surface area contributed by atoms with Crippen LogP contribution >= 0.6 is 0 Å². The summed E-state index contributed by atoms with van der Waals surface area (Å²) in [6.45, 7) is 10.4. The number of benzene rings is 4. The molecule has 4 aromatic carbocycles. The first kappa shape index (κ1) is 37.2. The van der Waals surface area contributed by atoms with Gasteiger partial charge in [-0.2, -0.15) is 0 Å². The summed E-state index contributed by atoms with van der Waals surface area (Å²) in [4.78, 5) is 24.9. The van der Waals surface area contributed by atoms with E-state index in [1.54, 1.807) is 0 Å². The van der Waals surface area contributed by atoms with E-state index in [9.17, 15) is 9.59 Å². The molecule has 2 atom stereocenters. The van der Waals surface area contributed by atoms with Gasteiger partial charge in [0.25, 0.3) is 0 Å². The number of rotatable bonds is 16. The normalized spacial score (nSPS) is 16.6. The third kappa shape index (κ3) is 8.82. The van der Waals surface area contributed by atoms with E-state index in [0.717, 1.165) is 53.6 Å². The smallest absolute Gasteiger partial charge is 0.330 e. The number of hydrogen-bond acceptors (Lipinski definition) is 8. The van der Waals surface area contributed by atoms with Gasteiger partial charge in [0.05, 0.1) is 38.6 Å². The molecule has 2 unspecified atom stereocenters. The van der Waals surface area contributed by atoms with Gasteiger partial charge in [-0.1, -0.05) is 49.6 Å². The van der Waals surface area contributed by atoms with Crippen LogP contribution in [0.5, 0.6) is 11.5 Å². The van der Waals surface area contributed by atoms with Crippen LogP contribution in [-0.4, -0.2) is 50.6 Å². The molecule has 1 fully saturated rings. The van der Waals surface area contributed by atoms with Crippen molar-refractivity contribution < 1.29 is 33.3 Å². The number of aryl methyl sites for hydroxylation is 1. The molecule has 280 valence electrons. The van der Waals surface area contributed by atoms with Gasteiger partial charge in [0.15, 0.2) is 0 Å². The second-order valence-corrected chi connectivity index (χ2v) is 13.6. The van der Waals surface area contributed by atoms with Gasteiger partial charge in [0.2, 0.25) is 0 Å². The first-order chi connectivity index (χ1) is 26.9. The van der Waals surface area contributed by atoms with Crippen molar-refractivity contribution in [3.05, 3.63) is 162 Å². The molecule has 2 aliphatic carbocycles. The number of nitrogens with zero attached hydrogens (tertiary/aromatic N) is 1. The third-order valence-corrected chi connectivity index (χ3v) is 9.91. The summed E-state index contributed by atoms with van der Waals surface area (Å²) in [6, 6.07) is 31.1. The Morgan fingerprint density at radius 3 is 1.93 bits per heavy atom. The van der Waals surface area contributed by atoms with Crippen LogP contribution in [0.2, 0.25) is 0 Å². The Labute approximate surface area is 322 Å². The summed E-state index contributed by atoms with van der Waals surface area (Å²) in [7, 11) is 0. The lowest BCUT2D eigenvalue weighted by molar-refractivity contribution is -0.138. The number of ether oxygens (including phenoxy) is 5. The van der Waals surface area contributed by atoms with Crippen LogP contribution in [0, 0.1) is 6.92 Å². The zero-order chi connectivity index (χ0) is 38.1. The van der Waals surface area contributed by atoms with Gasteiger partial charge >= 0.3 is 11.9 Å². The summed E-state index contributed by atoms with van der Waals surface area (Å²) in [5, 5.41) is 0. The number of hydrogen-bond donors (Lipinski definition) is 0.